The molecule has 0 aromatic heterocycles. The first kappa shape index (κ1) is 27.4. The summed E-state index contributed by atoms with van der Waals surface area (Å²) in [5.74, 6) is 1.31. The highest BCUT2D eigenvalue weighted by molar-refractivity contribution is 5.67. The van der Waals surface area contributed by atoms with E-state index in [1.165, 1.54) is 6.92 Å². The number of ether oxygens (including phenoxy) is 2. The number of aliphatic carboxylic acids is 1. The zero-order valence-corrected chi connectivity index (χ0v) is 23.3. The molecular formula is C30H48O6. The van der Waals surface area contributed by atoms with Crippen molar-refractivity contribution in [3.63, 3.8) is 0 Å². The molecule has 0 heterocycles. The molecule has 4 fully saturated rings. The molecule has 6 nitrogen and oxygen atoms in total. The summed E-state index contributed by atoms with van der Waals surface area (Å²) in [6, 6.07) is 0. The lowest BCUT2D eigenvalue weighted by Crippen LogP contribution is -2.63. The maximum Gasteiger partial charge on any atom is 0.303 e. The van der Waals surface area contributed by atoms with Crippen LogP contribution in [0.2, 0.25) is 0 Å². The van der Waals surface area contributed by atoms with Gasteiger partial charge >= 0.3 is 17.9 Å². The predicted molar refractivity (Wildman–Crippen MR) is 137 cm³/mol. The molecule has 4 unspecified atom stereocenters. The van der Waals surface area contributed by atoms with Crippen LogP contribution in [0.15, 0.2) is 0 Å². The van der Waals surface area contributed by atoms with Crippen LogP contribution in [0.3, 0.4) is 0 Å². The molecule has 0 saturated heterocycles. The van der Waals surface area contributed by atoms with Crippen molar-refractivity contribution in [2.75, 3.05) is 0 Å². The molecule has 204 valence electrons. The molecule has 0 aromatic rings. The first-order valence-electron chi connectivity index (χ1n) is 14.5. The van der Waals surface area contributed by atoms with E-state index in [0.29, 0.717) is 29.6 Å². The summed E-state index contributed by atoms with van der Waals surface area (Å²) in [5.41, 5.74) is 0.229. The van der Waals surface area contributed by atoms with Crippen molar-refractivity contribution in [3.05, 3.63) is 0 Å². The Morgan fingerprint density at radius 2 is 1.56 bits per heavy atom. The maximum absolute atomic E-state index is 12.5. The van der Waals surface area contributed by atoms with Crippen LogP contribution in [0.5, 0.6) is 0 Å². The highest BCUT2D eigenvalue weighted by Crippen LogP contribution is 2.70. The van der Waals surface area contributed by atoms with E-state index in [0.717, 1.165) is 57.8 Å². The molecule has 0 radical (unpaired) electrons. The summed E-state index contributed by atoms with van der Waals surface area (Å²) >= 11 is 0. The number of esters is 2. The molecule has 4 saturated carbocycles. The normalized spacial score (nSPS) is 44.5. The Morgan fingerprint density at radius 3 is 2.17 bits per heavy atom. The number of carbonyl (C=O) groups is 3. The lowest BCUT2D eigenvalue weighted by atomic mass is 9.41. The smallest absolute Gasteiger partial charge is 0.303 e. The predicted octanol–water partition coefficient (Wildman–Crippen LogP) is 6.26. The number of carbonyl (C=O) groups excluding carboxylic acids is 2. The van der Waals surface area contributed by atoms with Crippen LogP contribution in [0.4, 0.5) is 0 Å². The van der Waals surface area contributed by atoms with Gasteiger partial charge in [-0.1, -0.05) is 34.1 Å². The van der Waals surface area contributed by atoms with Crippen molar-refractivity contribution in [2.45, 2.75) is 118 Å². The number of fused-ring (bicyclic) bond motifs is 5. The van der Waals surface area contributed by atoms with Crippen molar-refractivity contribution in [1.29, 1.82) is 0 Å². The quantitative estimate of drug-likeness (QED) is 0.412. The molecule has 0 bridgehead atoms. The fraction of sp³-hybridized carbons (Fsp3) is 0.900. The summed E-state index contributed by atoms with van der Waals surface area (Å²) in [4.78, 5) is 35.8. The zero-order chi connectivity index (χ0) is 26.4. The fourth-order valence-electron chi connectivity index (χ4n) is 10.2. The van der Waals surface area contributed by atoms with Gasteiger partial charge < -0.3 is 14.6 Å². The van der Waals surface area contributed by atoms with Crippen LogP contribution in [-0.2, 0) is 23.9 Å². The summed E-state index contributed by atoms with van der Waals surface area (Å²) in [6.07, 6.45) is 9.32. The Morgan fingerprint density at radius 1 is 0.917 bits per heavy atom. The molecule has 0 aliphatic heterocycles. The largest absolute Gasteiger partial charge is 0.481 e. The van der Waals surface area contributed by atoms with Crippen LogP contribution in [0.1, 0.15) is 106 Å². The summed E-state index contributed by atoms with van der Waals surface area (Å²) < 4.78 is 12.0. The van der Waals surface area contributed by atoms with Crippen LogP contribution in [0.25, 0.3) is 0 Å². The van der Waals surface area contributed by atoms with Gasteiger partial charge in [0.2, 0.25) is 0 Å². The molecule has 4 rings (SSSR count). The Balaban J connectivity index is 1.72. The Kier molecular flexibility index (Phi) is 7.84. The van der Waals surface area contributed by atoms with E-state index < -0.39 is 5.97 Å². The first-order chi connectivity index (χ1) is 16.9. The van der Waals surface area contributed by atoms with E-state index >= 15 is 0 Å². The van der Waals surface area contributed by atoms with Gasteiger partial charge in [0.25, 0.3) is 0 Å². The third-order valence-corrected chi connectivity index (χ3v) is 11.4. The SMILES string of the molecule is CCC[C@H]1[C@@H](OC(C)=O)C2C3CCC([C@H](C)CC(=O)O)[C@@]3(C)CCC2[C@@]2(C)CC[C@@H](OC(C)=O)C[C@@H]12. The van der Waals surface area contributed by atoms with Crippen molar-refractivity contribution < 1.29 is 29.0 Å². The van der Waals surface area contributed by atoms with Crippen LogP contribution in [0, 0.1) is 52.3 Å². The van der Waals surface area contributed by atoms with Crippen molar-refractivity contribution in [1.82, 2.24) is 0 Å². The van der Waals surface area contributed by atoms with E-state index in [2.05, 4.69) is 27.7 Å². The second kappa shape index (κ2) is 10.3. The molecule has 6 heteroatoms. The van der Waals surface area contributed by atoms with Crippen molar-refractivity contribution in [3.8, 4) is 0 Å². The minimum Gasteiger partial charge on any atom is -0.481 e. The highest BCUT2D eigenvalue weighted by atomic mass is 16.5. The highest BCUT2D eigenvalue weighted by Gasteiger charge is 2.66. The number of rotatable bonds is 7. The maximum atomic E-state index is 12.5. The van der Waals surface area contributed by atoms with Crippen LogP contribution in [-0.4, -0.2) is 35.2 Å². The Hall–Kier alpha value is -1.59. The molecule has 4 aliphatic carbocycles. The average molecular weight is 505 g/mol. The summed E-state index contributed by atoms with van der Waals surface area (Å²) in [5, 5.41) is 9.50. The molecule has 0 spiro atoms. The summed E-state index contributed by atoms with van der Waals surface area (Å²) in [7, 11) is 0. The third kappa shape index (κ3) is 4.71. The van der Waals surface area contributed by atoms with Gasteiger partial charge in [0.15, 0.2) is 0 Å². The van der Waals surface area contributed by atoms with E-state index in [1.807, 2.05) is 0 Å². The van der Waals surface area contributed by atoms with Crippen molar-refractivity contribution >= 4 is 17.9 Å². The Bertz CT molecular complexity index is 854. The van der Waals surface area contributed by atoms with Gasteiger partial charge in [-0.25, -0.2) is 0 Å². The van der Waals surface area contributed by atoms with E-state index in [1.54, 1.807) is 6.92 Å². The van der Waals surface area contributed by atoms with Gasteiger partial charge in [-0.2, -0.15) is 0 Å². The van der Waals surface area contributed by atoms with Gasteiger partial charge in [0.05, 0.1) is 0 Å². The number of carboxylic acid groups (broad SMARTS) is 1. The molecule has 11 atom stereocenters. The van der Waals surface area contributed by atoms with Gasteiger partial charge in [-0.05, 0) is 97.7 Å². The fourth-order valence-corrected chi connectivity index (χ4v) is 10.2. The second-order valence-corrected chi connectivity index (χ2v) is 13.2. The van der Waals surface area contributed by atoms with Gasteiger partial charge in [-0.3, -0.25) is 14.4 Å². The molecule has 0 aromatic carbocycles. The van der Waals surface area contributed by atoms with Gasteiger partial charge in [-0.15, -0.1) is 0 Å². The molecule has 36 heavy (non-hydrogen) atoms. The van der Waals surface area contributed by atoms with Crippen LogP contribution >= 0.6 is 0 Å². The second-order valence-electron chi connectivity index (χ2n) is 13.2. The molecular weight excluding hydrogens is 456 g/mol. The molecule has 1 N–H and O–H groups in total. The monoisotopic (exact) mass is 504 g/mol. The number of hydrogen-bond acceptors (Lipinski definition) is 5. The van der Waals surface area contributed by atoms with Crippen molar-refractivity contribution in [2.24, 2.45) is 52.3 Å². The standard InChI is InChI=1S/C30H48O6/c1-7-8-21-25-16-20(35-18(3)31)11-13-30(25,6)24-12-14-29(5)22(17(2)15-26(33)34)9-10-23(29)27(24)28(21)36-19(4)32/h17,20-25,27-28H,7-16H2,1-6H3,(H,33,34)/t17-,20-,21-,22?,23?,24?,25+,27?,28-,29-,30-/m1/s1. The minimum absolute atomic E-state index is 0.0453. The van der Waals surface area contributed by atoms with E-state index in [-0.39, 0.29) is 53.2 Å². The van der Waals surface area contributed by atoms with Crippen LogP contribution < -0.4 is 0 Å². The average Bonchev–Trinajstić information content (AvgIpc) is 3.13. The van der Waals surface area contributed by atoms with Gasteiger partial charge in [0, 0.05) is 26.2 Å². The summed E-state index contributed by atoms with van der Waals surface area (Å²) in [6.45, 7) is 12.3. The van der Waals surface area contributed by atoms with E-state index in [9.17, 15) is 19.5 Å². The molecule has 4 aliphatic rings. The molecule has 0 amide bonds. The third-order valence-electron chi connectivity index (χ3n) is 11.4. The first-order valence-corrected chi connectivity index (χ1v) is 14.5. The topological polar surface area (TPSA) is 89.9 Å². The lowest BCUT2D eigenvalue weighted by Gasteiger charge is -2.65. The van der Waals surface area contributed by atoms with Gasteiger partial charge in [0.1, 0.15) is 12.2 Å². The Labute approximate surface area is 217 Å². The lowest BCUT2D eigenvalue weighted by molar-refractivity contribution is -0.219. The number of carboxylic acids is 1. The zero-order valence-electron chi connectivity index (χ0n) is 23.3. The van der Waals surface area contributed by atoms with E-state index in [4.69, 9.17) is 9.47 Å². The number of hydrogen-bond donors (Lipinski definition) is 1. The minimum atomic E-state index is -0.707.